The third-order valence-corrected chi connectivity index (χ3v) is 4.98. The molecule has 21 heavy (non-hydrogen) atoms. The molecule has 0 radical (unpaired) electrons. The maximum absolute atomic E-state index is 12.5. The number of fused-ring (bicyclic) bond motifs is 1. The highest BCUT2D eigenvalue weighted by Crippen LogP contribution is 2.31. The van der Waals surface area contributed by atoms with Crippen molar-refractivity contribution in [1.29, 1.82) is 0 Å². The summed E-state index contributed by atoms with van der Waals surface area (Å²) in [5.41, 5.74) is 2.27. The average molecular weight is 286 g/mol. The summed E-state index contributed by atoms with van der Waals surface area (Å²) in [5.74, 6) is 1.06. The van der Waals surface area contributed by atoms with Crippen LogP contribution < -0.4 is 10.6 Å². The van der Waals surface area contributed by atoms with Gasteiger partial charge in [0.25, 0.3) is 0 Å². The quantitative estimate of drug-likeness (QED) is 0.886. The van der Waals surface area contributed by atoms with Gasteiger partial charge in [0.2, 0.25) is 5.91 Å². The van der Waals surface area contributed by atoms with E-state index in [2.05, 4.69) is 22.8 Å². The lowest BCUT2D eigenvalue weighted by Gasteiger charge is -2.26. The van der Waals surface area contributed by atoms with Crippen molar-refractivity contribution in [2.75, 3.05) is 18.4 Å². The summed E-state index contributed by atoms with van der Waals surface area (Å²) >= 11 is 0. The van der Waals surface area contributed by atoms with Crippen molar-refractivity contribution in [1.82, 2.24) is 5.32 Å². The van der Waals surface area contributed by atoms with Crippen LogP contribution in [0.4, 0.5) is 5.69 Å². The number of benzene rings is 1. The minimum Gasteiger partial charge on any atom is -0.385 e. The van der Waals surface area contributed by atoms with Gasteiger partial charge in [0.15, 0.2) is 0 Å². The Kier molecular flexibility index (Phi) is 4.79. The lowest BCUT2D eigenvalue weighted by atomic mass is 9.87. The van der Waals surface area contributed by atoms with Crippen LogP contribution in [0.1, 0.15) is 56.4 Å². The maximum atomic E-state index is 12.5. The molecule has 2 N–H and O–H groups in total. The highest BCUT2D eigenvalue weighted by molar-refractivity contribution is 5.86. The second-order valence-corrected chi connectivity index (χ2v) is 6.44. The summed E-state index contributed by atoms with van der Waals surface area (Å²) < 4.78 is 0. The summed E-state index contributed by atoms with van der Waals surface area (Å²) in [5, 5.41) is 6.55. The SMILES string of the molecule is O=C(NCCC1CCCCC1)C1CCNc2ccccc21. The van der Waals surface area contributed by atoms with Gasteiger partial charge in [-0.15, -0.1) is 0 Å². The first-order valence-corrected chi connectivity index (χ1v) is 8.45. The molecule has 1 aliphatic carbocycles. The first kappa shape index (κ1) is 14.4. The van der Waals surface area contributed by atoms with E-state index in [4.69, 9.17) is 0 Å². The van der Waals surface area contributed by atoms with Crippen LogP contribution in [-0.4, -0.2) is 19.0 Å². The molecule has 114 valence electrons. The summed E-state index contributed by atoms with van der Waals surface area (Å²) in [6.07, 6.45) is 8.90. The monoisotopic (exact) mass is 286 g/mol. The van der Waals surface area contributed by atoms with Crippen molar-refractivity contribution in [2.45, 2.75) is 50.9 Å². The van der Waals surface area contributed by atoms with Crippen molar-refractivity contribution >= 4 is 11.6 Å². The molecule has 0 saturated heterocycles. The molecule has 3 rings (SSSR count). The minimum atomic E-state index is 0.0220. The Morgan fingerprint density at radius 1 is 1.14 bits per heavy atom. The molecular formula is C18H26N2O. The van der Waals surface area contributed by atoms with Gasteiger partial charge in [0.05, 0.1) is 5.92 Å². The van der Waals surface area contributed by atoms with Crippen LogP contribution in [0.5, 0.6) is 0 Å². The number of hydrogen-bond donors (Lipinski definition) is 2. The van der Waals surface area contributed by atoms with Gasteiger partial charge in [-0.05, 0) is 30.4 Å². The highest BCUT2D eigenvalue weighted by atomic mass is 16.1. The van der Waals surface area contributed by atoms with E-state index in [-0.39, 0.29) is 11.8 Å². The number of hydrogen-bond acceptors (Lipinski definition) is 2. The van der Waals surface area contributed by atoms with Crippen LogP contribution in [-0.2, 0) is 4.79 Å². The first-order chi connectivity index (χ1) is 10.3. The van der Waals surface area contributed by atoms with E-state index >= 15 is 0 Å². The van der Waals surface area contributed by atoms with Gasteiger partial charge in [0.1, 0.15) is 0 Å². The molecule has 1 aliphatic heterocycles. The molecule has 1 saturated carbocycles. The second-order valence-electron chi connectivity index (χ2n) is 6.44. The van der Waals surface area contributed by atoms with Gasteiger partial charge in [0, 0.05) is 18.8 Å². The molecule has 3 heteroatoms. The molecule has 3 nitrogen and oxygen atoms in total. The van der Waals surface area contributed by atoms with Crippen molar-refractivity contribution < 1.29 is 4.79 Å². The number of anilines is 1. The molecular weight excluding hydrogens is 260 g/mol. The molecule has 1 amide bonds. The van der Waals surface area contributed by atoms with Crippen LogP contribution in [0.2, 0.25) is 0 Å². The molecule has 0 bridgehead atoms. The molecule has 2 aliphatic rings. The van der Waals surface area contributed by atoms with Crippen LogP contribution >= 0.6 is 0 Å². The fraction of sp³-hybridized carbons (Fsp3) is 0.611. The van der Waals surface area contributed by atoms with E-state index < -0.39 is 0 Å². The van der Waals surface area contributed by atoms with Gasteiger partial charge in [-0.3, -0.25) is 4.79 Å². The summed E-state index contributed by atoms with van der Waals surface area (Å²) in [7, 11) is 0. The fourth-order valence-electron chi connectivity index (χ4n) is 3.74. The Bertz CT molecular complexity index is 480. The van der Waals surface area contributed by atoms with Gasteiger partial charge in [-0.2, -0.15) is 0 Å². The van der Waals surface area contributed by atoms with Gasteiger partial charge >= 0.3 is 0 Å². The van der Waals surface area contributed by atoms with E-state index in [1.807, 2.05) is 12.1 Å². The maximum Gasteiger partial charge on any atom is 0.227 e. The predicted octanol–water partition coefficient (Wildman–Crippen LogP) is 3.67. The summed E-state index contributed by atoms with van der Waals surface area (Å²) in [6, 6.07) is 8.19. The largest absolute Gasteiger partial charge is 0.385 e. The molecule has 0 spiro atoms. The fourth-order valence-corrected chi connectivity index (χ4v) is 3.74. The zero-order chi connectivity index (χ0) is 14.5. The number of carbonyl (C=O) groups excluding carboxylic acids is 1. The first-order valence-electron chi connectivity index (χ1n) is 8.45. The van der Waals surface area contributed by atoms with Crippen LogP contribution in [0.3, 0.4) is 0 Å². The van der Waals surface area contributed by atoms with Gasteiger partial charge < -0.3 is 10.6 Å². The van der Waals surface area contributed by atoms with E-state index in [0.717, 1.165) is 43.1 Å². The Hall–Kier alpha value is -1.51. The standard InChI is InChI=1S/C18H26N2O/c21-18(20-12-10-14-6-2-1-3-7-14)16-11-13-19-17-9-5-4-8-15(16)17/h4-5,8-9,14,16,19H,1-3,6-7,10-13H2,(H,20,21). The van der Waals surface area contributed by atoms with Crippen LogP contribution in [0, 0.1) is 5.92 Å². The van der Waals surface area contributed by atoms with E-state index in [1.165, 1.54) is 32.1 Å². The van der Waals surface area contributed by atoms with Crippen LogP contribution in [0.25, 0.3) is 0 Å². The van der Waals surface area contributed by atoms with Crippen LogP contribution in [0.15, 0.2) is 24.3 Å². The van der Waals surface area contributed by atoms with Crippen molar-refractivity contribution in [3.8, 4) is 0 Å². The Labute approximate surface area is 127 Å². The molecule has 1 aromatic rings. The number of carbonyl (C=O) groups is 1. The van der Waals surface area contributed by atoms with E-state index in [0.29, 0.717) is 0 Å². The molecule has 1 unspecified atom stereocenters. The number of rotatable bonds is 4. The summed E-state index contributed by atoms with van der Waals surface area (Å²) in [6.45, 7) is 1.73. The Balaban J connectivity index is 1.51. The zero-order valence-electron chi connectivity index (χ0n) is 12.7. The van der Waals surface area contributed by atoms with E-state index in [1.54, 1.807) is 0 Å². The smallest absolute Gasteiger partial charge is 0.227 e. The normalized spacial score (nSPS) is 22.2. The predicted molar refractivity (Wildman–Crippen MR) is 86.5 cm³/mol. The number of amides is 1. The second kappa shape index (κ2) is 6.97. The molecule has 1 aromatic carbocycles. The van der Waals surface area contributed by atoms with Crippen molar-refractivity contribution in [3.05, 3.63) is 29.8 Å². The van der Waals surface area contributed by atoms with Crippen molar-refractivity contribution in [3.63, 3.8) is 0 Å². The third-order valence-electron chi connectivity index (χ3n) is 4.98. The molecule has 0 aromatic heterocycles. The Morgan fingerprint density at radius 2 is 1.95 bits per heavy atom. The van der Waals surface area contributed by atoms with Gasteiger partial charge in [-0.25, -0.2) is 0 Å². The van der Waals surface area contributed by atoms with Crippen molar-refractivity contribution in [2.24, 2.45) is 5.92 Å². The van der Waals surface area contributed by atoms with E-state index in [9.17, 15) is 4.79 Å². The highest BCUT2D eigenvalue weighted by Gasteiger charge is 2.26. The lowest BCUT2D eigenvalue weighted by Crippen LogP contribution is -2.34. The summed E-state index contributed by atoms with van der Waals surface area (Å²) in [4.78, 5) is 12.5. The third kappa shape index (κ3) is 3.58. The molecule has 1 atom stereocenters. The molecule has 1 heterocycles. The number of nitrogens with one attached hydrogen (secondary N) is 2. The topological polar surface area (TPSA) is 41.1 Å². The number of para-hydroxylation sites is 1. The van der Waals surface area contributed by atoms with Gasteiger partial charge in [-0.1, -0.05) is 50.3 Å². The average Bonchev–Trinajstić information content (AvgIpc) is 2.55. The zero-order valence-corrected chi connectivity index (χ0v) is 12.7. The minimum absolute atomic E-state index is 0.0220. The molecule has 1 fully saturated rings. The Morgan fingerprint density at radius 3 is 2.81 bits per heavy atom. The lowest BCUT2D eigenvalue weighted by molar-refractivity contribution is -0.122.